The van der Waals surface area contributed by atoms with Gasteiger partial charge in [0.25, 0.3) is 0 Å². The molecule has 1 aromatic carbocycles. The molecule has 1 amide bonds. The minimum Gasteiger partial charge on any atom is -1.00 e. The highest BCUT2D eigenvalue weighted by Gasteiger charge is 2.22. The number of amides is 1. The average molecular weight is 390 g/mol. The van der Waals surface area contributed by atoms with Gasteiger partial charge in [-0.2, -0.15) is 0 Å². The SMILES string of the molecule is [Cl-].[Cl-].[NH3+]C1CCC([NH2+]CCCNC(=O)/C=C/c2ccc(O)cc2)CC1. The fourth-order valence-electron chi connectivity index (χ4n) is 2.91. The highest BCUT2D eigenvalue weighted by Crippen LogP contribution is 2.13. The molecular formula is C18H29Cl2N3O2. The van der Waals surface area contributed by atoms with E-state index in [2.05, 4.69) is 16.4 Å². The standard InChI is InChI=1S/C18H27N3O2.2ClH/c19-15-5-7-16(8-6-15)20-12-1-13-21-18(23)11-4-14-2-9-17(22)10-3-14;;/h2-4,9-11,15-16,20,22H,1,5-8,12-13,19H2,(H,21,23);2*1H/b11-4+;;. The Morgan fingerprint density at radius 1 is 1.20 bits per heavy atom. The fraction of sp³-hybridized carbons (Fsp3) is 0.500. The third kappa shape index (κ3) is 9.70. The summed E-state index contributed by atoms with van der Waals surface area (Å²) in [5.74, 6) is 0.155. The molecule has 142 valence electrons. The summed E-state index contributed by atoms with van der Waals surface area (Å²) in [6, 6.07) is 8.16. The number of quaternary nitrogens is 2. The number of halogens is 2. The van der Waals surface area contributed by atoms with Gasteiger partial charge in [0, 0.05) is 44.7 Å². The van der Waals surface area contributed by atoms with Gasteiger partial charge >= 0.3 is 0 Å². The summed E-state index contributed by atoms with van der Waals surface area (Å²) in [7, 11) is 0. The average Bonchev–Trinajstić information content (AvgIpc) is 2.56. The van der Waals surface area contributed by atoms with E-state index in [1.54, 1.807) is 30.3 Å². The molecular weight excluding hydrogens is 361 g/mol. The molecule has 1 fully saturated rings. The molecule has 7 N–H and O–H groups in total. The molecule has 2 rings (SSSR count). The first-order valence-corrected chi connectivity index (χ1v) is 8.55. The first kappa shape index (κ1) is 23.7. The number of aromatic hydroxyl groups is 1. The number of benzene rings is 1. The van der Waals surface area contributed by atoms with E-state index in [-0.39, 0.29) is 36.5 Å². The monoisotopic (exact) mass is 389 g/mol. The van der Waals surface area contributed by atoms with E-state index in [4.69, 9.17) is 0 Å². The summed E-state index contributed by atoms with van der Waals surface area (Å²) >= 11 is 0. The van der Waals surface area contributed by atoms with E-state index in [1.165, 1.54) is 31.8 Å². The molecule has 1 saturated carbocycles. The Labute approximate surface area is 162 Å². The Morgan fingerprint density at radius 2 is 1.84 bits per heavy atom. The summed E-state index contributed by atoms with van der Waals surface area (Å²) in [6.07, 6.45) is 9.32. The van der Waals surface area contributed by atoms with Gasteiger partial charge in [-0.15, -0.1) is 0 Å². The minimum absolute atomic E-state index is 0. The molecule has 0 aromatic heterocycles. The van der Waals surface area contributed by atoms with E-state index >= 15 is 0 Å². The quantitative estimate of drug-likeness (QED) is 0.276. The molecule has 0 aliphatic heterocycles. The molecule has 0 saturated heterocycles. The van der Waals surface area contributed by atoms with Gasteiger partial charge in [-0.05, 0) is 23.8 Å². The lowest BCUT2D eigenvalue weighted by atomic mass is 9.92. The Bertz CT molecular complexity index is 516. The van der Waals surface area contributed by atoms with Crippen LogP contribution < -0.4 is 41.2 Å². The molecule has 5 nitrogen and oxygen atoms in total. The van der Waals surface area contributed by atoms with Gasteiger partial charge in [0.2, 0.25) is 5.91 Å². The number of carbonyl (C=O) groups is 1. The van der Waals surface area contributed by atoms with Crippen LogP contribution in [0.1, 0.15) is 37.7 Å². The Morgan fingerprint density at radius 3 is 2.48 bits per heavy atom. The number of nitrogens with two attached hydrogens (primary N) is 1. The van der Waals surface area contributed by atoms with Gasteiger partial charge in [-0.25, -0.2) is 0 Å². The van der Waals surface area contributed by atoms with Crippen molar-refractivity contribution in [1.29, 1.82) is 0 Å². The molecule has 1 aliphatic carbocycles. The molecule has 1 aromatic rings. The molecule has 1 aliphatic rings. The van der Waals surface area contributed by atoms with E-state index in [1.807, 2.05) is 0 Å². The number of phenolic OH excluding ortho intramolecular Hbond substituents is 1. The highest BCUT2D eigenvalue weighted by molar-refractivity contribution is 5.91. The lowest BCUT2D eigenvalue weighted by Crippen LogP contribution is -3.00. The Balaban J connectivity index is 0.00000288. The van der Waals surface area contributed by atoms with Crippen molar-refractivity contribution < 1.29 is 45.8 Å². The summed E-state index contributed by atoms with van der Waals surface area (Å²) < 4.78 is 0. The van der Waals surface area contributed by atoms with Crippen molar-refractivity contribution in [2.45, 2.75) is 44.2 Å². The van der Waals surface area contributed by atoms with Gasteiger partial charge in [-0.3, -0.25) is 4.79 Å². The number of nitrogens with one attached hydrogen (secondary N) is 1. The minimum atomic E-state index is -0.0735. The van der Waals surface area contributed by atoms with Gasteiger partial charge in [0.15, 0.2) is 0 Å². The second-order valence-corrected chi connectivity index (χ2v) is 6.37. The first-order chi connectivity index (χ1) is 11.1. The molecule has 0 spiro atoms. The second-order valence-electron chi connectivity index (χ2n) is 6.37. The van der Waals surface area contributed by atoms with Crippen LogP contribution in [0.15, 0.2) is 30.3 Å². The van der Waals surface area contributed by atoms with Crippen LogP contribution in [0.4, 0.5) is 0 Å². The Kier molecular flexibility index (Phi) is 12.3. The van der Waals surface area contributed by atoms with Crippen LogP contribution in [-0.2, 0) is 4.79 Å². The van der Waals surface area contributed by atoms with Crippen LogP contribution in [0.2, 0.25) is 0 Å². The Hall–Kier alpha value is -1.27. The third-order valence-corrected chi connectivity index (χ3v) is 4.39. The van der Waals surface area contributed by atoms with Gasteiger partial charge in [-0.1, -0.05) is 12.1 Å². The van der Waals surface area contributed by atoms with E-state index in [9.17, 15) is 9.90 Å². The molecule has 25 heavy (non-hydrogen) atoms. The maximum atomic E-state index is 11.7. The van der Waals surface area contributed by atoms with Crippen molar-refractivity contribution in [2.75, 3.05) is 13.1 Å². The van der Waals surface area contributed by atoms with Gasteiger partial charge < -0.3 is 46.3 Å². The van der Waals surface area contributed by atoms with Crippen molar-refractivity contribution >= 4 is 12.0 Å². The molecule has 0 unspecified atom stereocenters. The van der Waals surface area contributed by atoms with Crippen LogP contribution in [-0.4, -0.2) is 36.2 Å². The van der Waals surface area contributed by atoms with E-state index < -0.39 is 0 Å². The van der Waals surface area contributed by atoms with Crippen LogP contribution >= 0.6 is 0 Å². The lowest BCUT2D eigenvalue weighted by molar-refractivity contribution is -0.693. The molecule has 7 heteroatoms. The van der Waals surface area contributed by atoms with Crippen molar-refractivity contribution in [3.63, 3.8) is 0 Å². The summed E-state index contributed by atoms with van der Waals surface area (Å²) in [6.45, 7) is 1.77. The highest BCUT2D eigenvalue weighted by atomic mass is 35.5. The second kappa shape index (κ2) is 13.0. The topological polar surface area (TPSA) is 93.6 Å². The molecule has 0 bridgehead atoms. The number of rotatable bonds is 7. The van der Waals surface area contributed by atoms with Crippen LogP contribution in [0.3, 0.4) is 0 Å². The zero-order valence-corrected chi connectivity index (χ0v) is 16.0. The van der Waals surface area contributed by atoms with Gasteiger partial charge in [0.05, 0.1) is 18.6 Å². The predicted molar refractivity (Wildman–Crippen MR) is 90.5 cm³/mol. The summed E-state index contributed by atoms with van der Waals surface area (Å²) in [4.78, 5) is 11.7. The van der Waals surface area contributed by atoms with Crippen molar-refractivity contribution in [2.24, 2.45) is 0 Å². The van der Waals surface area contributed by atoms with Crippen LogP contribution in [0.5, 0.6) is 5.75 Å². The maximum Gasteiger partial charge on any atom is 0.244 e. The van der Waals surface area contributed by atoms with E-state index in [0.29, 0.717) is 12.6 Å². The number of hydrogen-bond acceptors (Lipinski definition) is 2. The molecule has 0 atom stereocenters. The number of hydrogen-bond donors (Lipinski definition) is 4. The van der Waals surface area contributed by atoms with Crippen LogP contribution in [0, 0.1) is 0 Å². The zero-order valence-electron chi connectivity index (χ0n) is 14.5. The molecule has 0 heterocycles. The van der Waals surface area contributed by atoms with Crippen LogP contribution in [0.25, 0.3) is 6.08 Å². The van der Waals surface area contributed by atoms with E-state index in [0.717, 1.165) is 24.6 Å². The third-order valence-electron chi connectivity index (χ3n) is 4.39. The van der Waals surface area contributed by atoms with Crippen molar-refractivity contribution in [3.8, 4) is 5.75 Å². The molecule has 0 radical (unpaired) electrons. The lowest BCUT2D eigenvalue weighted by Gasteiger charge is -2.22. The largest absolute Gasteiger partial charge is 1.00 e. The summed E-state index contributed by atoms with van der Waals surface area (Å²) in [5.41, 5.74) is 5.02. The van der Waals surface area contributed by atoms with Gasteiger partial charge in [0.1, 0.15) is 5.75 Å². The number of phenols is 1. The predicted octanol–water partition coefficient (Wildman–Crippen LogP) is -5.96. The normalized spacial score (nSPS) is 19.7. The zero-order chi connectivity index (χ0) is 16.5. The first-order valence-electron chi connectivity index (χ1n) is 8.55. The number of carbonyl (C=O) groups excluding carboxylic acids is 1. The van der Waals surface area contributed by atoms with Crippen molar-refractivity contribution in [3.05, 3.63) is 35.9 Å². The smallest absolute Gasteiger partial charge is 0.244 e. The van der Waals surface area contributed by atoms with Crippen molar-refractivity contribution in [1.82, 2.24) is 5.32 Å². The maximum absolute atomic E-state index is 11.7. The fourth-order valence-corrected chi connectivity index (χ4v) is 2.91. The summed E-state index contributed by atoms with van der Waals surface area (Å²) in [5, 5.41) is 14.5.